The highest BCUT2D eigenvalue weighted by Crippen LogP contribution is 2.31. The molecular formula is C10H5Br2ClN2O. The molecule has 0 atom stereocenters. The van der Waals surface area contributed by atoms with E-state index in [1.807, 2.05) is 18.2 Å². The van der Waals surface area contributed by atoms with E-state index >= 15 is 0 Å². The summed E-state index contributed by atoms with van der Waals surface area (Å²) in [6.45, 7) is 0. The fourth-order valence-electron chi connectivity index (χ4n) is 1.03. The van der Waals surface area contributed by atoms with Crippen LogP contribution in [0.3, 0.4) is 0 Å². The van der Waals surface area contributed by atoms with Crippen molar-refractivity contribution in [1.29, 1.82) is 0 Å². The van der Waals surface area contributed by atoms with E-state index in [0.29, 0.717) is 16.8 Å². The van der Waals surface area contributed by atoms with Gasteiger partial charge in [0.1, 0.15) is 5.75 Å². The van der Waals surface area contributed by atoms with Crippen LogP contribution in [0.25, 0.3) is 0 Å². The van der Waals surface area contributed by atoms with Crippen LogP contribution < -0.4 is 4.74 Å². The molecule has 3 nitrogen and oxygen atoms in total. The Morgan fingerprint density at radius 2 is 1.88 bits per heavy atom. The first-order valence-electron chi connectivity index (χ1n) is 4.27. The molecule has 0 aliphatic heterocycles. The van der Waals surface area contributed by atoms with Crippen LogP contribution in [-0.4, -0.2) is 10.2 Å². The molecule has 6 heteroatoms. The maximum atomic E-state index is 5.62. The molecule has 0 amide bonds. The van der Waals surface area contributed by atoms with Gasteiger partial charge in [0.2, 0.25) is 5.88 Å². The number of benzene rings is 1. The lowest BCUT2D eigenvalue weighted by Crippen LogP contribution is -1.90. The third-order valence-electron chi connectivity index (χ3n) is 1.72. The highest BCUT2D eigenvalue weighted by Gasteiger charge is 2.04. The zero-order chi connectivity index (χ0) is 11.5. The number of halogens is 3. The fourth-order valence-corrected chi connectivity index (χ4v) is 2.26. The van der Waals surface area contributed by atoms with E-state index in [0.717, 1.165) is 8.95 Å². The highest BCUT2D eigenvalue weighted by atomic mass is 79.9. The first-order chi connectivity index (χ1) is 7.65. The topological polar surface area (TPSA) is 35.0 Å². The van der Waals surface area contributed by atoms with Gasteiger partial charge in [-0.2, -0.15) is 0 Å². The van der Waals surface area contributed by atoms with Gasteiger partial charge in [-0.25, -0.2) is 0 Å². The molecule has 0 aliphatic carbocycles. The molecule has 0 spiro atoms. The van der Waals surface area contributed by atoms with E-state index in [2.05, 4.69) is 42.1 Å². The van der Waals surface area contributed by atoms with E-state index in [4.69, 9.17) is 16.3 Å². The Morgan fingerprint density at radius 3 is 2.50 bits per heavy atom. The van der Waals surface area contributed by atoms with Crippen molar-refractivity contribution in [2.45, 2.75) is 0 Å². The van der Waals surface area contributed by atoms with E-state index in [1.54, 1.807) is 12.1 Å². The van der Waals surface area contributed by atoms with Gasteiger partial charge in [-0.3, -0.25) is 0 Å². The van der Waals surface area contributed by atoms with Crippen molar-refractivity contribution in [3.05, 3.63) is 44.4 Å². The minimum absolute atomic E-state index is 0.335. The van der Waals surface area contributed by atoms with Gasteiger partial charge in [0.05, 0.1) is 4.47 Å². The lowest BCUT2D eigenvalue weighted by atomic mass is 10.3. The van der Waals surface area contributed by atoms with Crippen LogP contribution in [0.2, 0.25) is 5.15 Å². The molecule has 0 aliphatic rings. The summed E-state index contributed by atoms with van der Waals surface area (Å²) in [4.78, 5) is 0. The van der Waals surface area contributed by atoms with Crippen molar-refractivity contribution >= 4 is 43.5 Å². The molecule has 0 unspecified atom stereocenters. The number of hydrogen-bond donors (Lipinski definition) is 0. The first-order valence-corrected chi connectivity index (χ1v) is 6.24. The smallest absolute Gasteiger partial charge is 0.238 e. The van der Waals surface area contributed by atoms with Gasteiger partial charge in [0.25, 0.3) is 0 Å². The lowest BCUT2D eigenvalue weighted by molar-refractivity contribution is 0.452. The number of ether oxygens (including phenoxy) is 1. The zero-order valence-corrected chi connectivity index (χ0v) is 11.8. The summed E-state index contributed by atoms with van der Waals surface area (Å²) < 4.78 is 7.32. The summed E-state index contributed by atoms with van der Waals surface area (Å²) in [5.41, 5.74) is 0. The van der Waals surface area contributed by atoms with Gasteiger partial charge in [-0.1, -0.05) is 27.5 Å². The molecule has 16 heavy (non-hydrogen) atoms. The molecule has 82 valence electrons. The molecular weight excluding hydrogens is 359 g/mol. The number of rotatable bonds is 2. The van der Waals surface area contributed by atoms with Crippen molar-refractivity contribution < 1.29 is 4.74 Å². The molecule has 1 aromatic heterocycles. The quantitative estimate of drug-likeness (QED) is 0.790. The summed E-state index contributed by atoms with van der Waals surface area (Å²) in [7, 11) is 0. The molecule has 2 aromatic rings. The Kier molecular flexibility index (Phi) is 3.78. The van der Waals surface area contributed by atoms with E-state index in [1.165, 1.54) is 0 Å². The standard InChI is InChI=1S/C10H5Br2ClN2O/c11-6-1-2-8(7(12)5-6)16-10-4-3-9(13)14-15-10/h1-5H. The molecule has 1 heterocycles. The van der Waals surface area contributed by atoms with Crippen LogP contribution in [-0.2, 0) is 0 Å². The Morgan fingerprint density at radius 1 is 1.06 bits per heavy atom. The van der Waals surface area contributed by atoms with E-state index in [-0.39, 0.29) is 0 Å². The molecule has 2 rings (SSSR count). The second-order valence-electron chi connectivity index (χ2n) is 2.87. The average molecular weight is 364 g/mol. The Hall–Kier alpha value is -0.650. The zero-order valence-electron chi connectivity index (χ0n) is 7.82. The number of hydrogen-bond acceptors (Lipinski definition) is 3. The Bertz CT molecular complexity index is 505. The first kappa shape index (κ1) is 11.8. The Balaban J connectivity index is 2.23. The molecule has 0 bridgehead atoms. The van der Waals surface area contributed by atoms with Crippen LogP contribution in [0.4, 0.5) is 0 Å². The largest absolute Gasteiger partial charge is 0.436 e. The molecule has 0 saturated heterocycles. The molecule has 0 N–H and O–H groups in total. The number of nitrogens with zero attached hydrogens (tertiary/aromatic N) is 2. The summed E-state index contributed by atoms with van der Waals surface area (Å²) in [6.07, 6.45) is 0. The minimum Gasteiger partial charge on any atom is -0.436 e. The molecule has 0 saturated carbocycles. The van der Waals surface area contributed by atoms with Gasteiger partial charge in [0.15, 0.2) is 5.15 Å². The van der Waals surface area contributed by atoms with Gasteiger partial charge in [0, 0.05) is 10.5 Å². The van der Waals surface area contributed by atoms with E-state index in [9.17, 15) is 0 Å². The highest BCUT2D eigenvalue weighted by molar-refractivity contribution is 9.11. The van der Waals surface area contributed by atoms with Crippen molar-refractivity contribution in [2.24, 2.45) is 0 Å². The number of aromatic nitrogens is 2. The van der Waals surface area contributed by atoms with Crippen LogP contribution in [0.1, 0.15) is 0 Å². The van der Waals surface area contributed by atoms with Crippen LogP contribution in [0, 0.1) is 0 Å². The predicted octanol–water partition coefficient (Wildman–Crippen LogP) is 4.45. The normalized spacial score (nSPS) is 10.2. The summed E-state index contributed by atoms with van der Waals surface area (Å²) in [5, 5.41) is 7.82. The third kappa shape index (κ3) is 2.93. The SMILES string of the molecule is Clc1ccc(Oc2ccc(Br)cc2Br)nn1. The molecule has 1 aromatic carbocycles. The van der Waals surface area contributed by atoms with Crippen LogP contribution >= 0.6 is 43.5 Å². The van der Waals surface area contributed by atoms with Crippen LogP contribution in [0.5, 0.6) is 11.6 Å². The van der Waals surface area contributed by atoms with Crippen molar-refractivity contribution in [2.75, 3.05) is 0 Å². The Labute approximate surface area is 114 Å². The van der Waals surface area contributed by atoms with Gasteiger partial charge < -0.3 is 4.74 Å². The fraction of sp³-hybridized carbons (Fsp3) is 0. The van der Waals surface area contributed by atoms with Gasteiger partial charge in [-0.05, 0) is 40.2 Å². The predicted molar refractivity (Wildman–Crippen MR) is 69.0 cm³/mol. The second-order valence-corrected chi connectivity index (χ2v) is 5.03. The maximum Gasteiger partial charge on any atom is 0.238 e. The van der Waals surface area contributed by atoms with Crippen molar-refractivity contribution in [1.82, 2.24) is 10.2 Å². The van der Waals surface area contributed by atoms with Crippen molar-refractivity contribution in [3.8, 4) is 11.6 Å². The summed E-state index contributed by atoms with van der Waals surface area (Å²) >= 11 is 12.4. The van der Waals surface area contributed by atoms with Gasteiger partial charge >= 0.3 is 0 Å². The van der Waals surface area contributed by atoms with Crippen molar-refractivity contribution in [3.63, 3.8) is 0 Å². The summed E-state index contributed by atoms with van der Waals surface area (Å²) in [5.74, 6) is 1.06. The summed E-state index contributed by atoms with van der Waals surface area (Å²) in [6, 6.07) is 8.87. The molecule has 0 radical (unpaired) electrons. The molecule has 0 fully saturated rings. The monoisotopic (exact) mass is 362 g/mol. The van der Waals surface area contributed by atoms with Crippen LogP contribution in [0.15, 0.2) is 39.3 Å². The van der Waals surface area contributed by atoms with E-state index < -0.39 is 0 Å². The van der Waals surface area contributed by atoms with Gasteiger partial charge in [-0.15, -0.1) is 10.2 Å². The second kappa shape index (κ2) is 5.12. The lowest BCUT2D eigenvalue weighted by Gasteiger charge is -2.06. The average Bonchev–Trinajstić information content (AvgIpc) is 2.25. The maximum absolute atomic E-state index is 5.62. The minimum atomic E-state index is 0.335. The third-order valence-corrected chi connectivity index (χ3v) is 3.03.